The number of likely N-dealkylation sites (tertiary alicyclic amines) is 1. The molecule has 168 valence electrons. The van der Waals surface area contributed by atoms with E-state index in [9.17, 15) is 4.79 Å². The fourth-order valence-electron chi connectivity index (χ4n) is 3.45. The Kier molecular flexibility index (Phi) is 9.37. The number of rotatable bonds is 8. The van der Waals surface area contributed by atoms with Crippen molar-refractivity contribution in [1.29, 1.82) is 0 Å². The number of benzene rings is 1. The van der Waals surface area contributed by atoms with E-state index in [0.717, 1.165) is 42.4 Å². The van der Waals surface area contributed by atoms with Crippen molar-refractivity contribution in [3.05, 3.63) is 17.7 Å². The predicted molar refractivity (Wildman–Crippen MR) is 116 cm³/mol. The number of aliphatic imine (C=N–C) groups is 1. The van der Waals surface area contributed by atoms with E-state index >= 15 is 0 Å². The topological polar surface area (TPSA) is 93.7 Å². The van der Waals surface area contributed by atoms with Crippen LogP contribution in [0.25, 0.3) is 0 Å². The number of amides is 1. The third kappa shape index (κ3) is 6.33. The van der Waals surface area contributed by atoms with Gasteiger partial charge in [-0.2, -0.15) is 0 Å². The van der Waals surface area contributed by atoms with Crippen molar-refractivity contribution in [3.63, 3.8) is 0 Å². The Labute approximate surface area is 178 Å². The van der Waals surface area contributed by atoms with Gasteiger partial charge in [0.05, 0.1) is 28.4 Å². The van der Waals surface area contributed by atoms with Crippen LogP contribution in [0.3, 0.4) is 0 Å². The van der Waals surface area contributed by atoms with Crippen LogP contribution >= 0.6 is 0 Å². The standard InChI is InChI=1S/C21H34N4O5/c1-6-22-20(24-15-8-11-25(12-9-15)21(26)30-5)23-10-7-17-18(28-3)13-16(27-2)14-19(17)29-4/h13-15H,6-12H2,1-5H3,(H2,22,23,24). The molecule has 0 saturated carbocycles. The van der Waals surface area contributed by atoms with Crippen molar-refractivity contribution >= 4 is 12.1 Å². The SMILES string of the molecule is CCNC(=NCCc1c(OC)cc(OC)cc1OC)NC1CCN(C(=O)OC)CC1. The van der Waals surface area contributed by atoms with E-state index in [1.165, 1.54) is 7.11 Å². The number of hydrogen-bond donors (Lipinski definition) is 2. The minimum absolute atomic E-state index is 0.258. The summed E-state index contributed by atoms with van der Waals surface area (Å²) in [5.74, 6) is 2.88. The van der Waals surface area contributed by atoms with Crippen LogP contribution in [-0.4, -0.2) is 77.6 Å². The van der Waals surface area contributed by atoms with E-state index in [4.69, 9.17) is 23.9 Å². The molecule has 1 aromatic rings. The first-order valence-electron chi connectivity index (χ1n) is 10.2. The molecule has 1 aromatic carbocycles. The van der Waals surface area contributed by atoms with E-state index in [1.807, 2.05) is 19.1 Å². The van der Waals surface area contributed by atoms with Crippen molar-refractivity contribution in [2.75, 3.05) is 54.6 Å². The molecule has 0 unspecified atom stereocenters. The van der Waals surface area contributed by atoms with Crippen molar-refractivity contribution in [1.82, 2.24) is 15.5 Å². The summed E-state index contributed by atoms with van der Waals surface area (Å²) in [6.45, 7) is 4.71. The molecule has 9 heteroatoms. The molecule has 0 spiro atoms. The van der Waals surface area contributed by atoms with Gasteiger partial charge in [0.25, 0.3) is 0 Å². The zero-order valence-electron chi connectivity index (χ0n) is 18.6. The molecule has 1 amide bonds. The number of methoxy groups -OCH3 is 4. The van der Waals surface area contributed by atoms with E-state index in [2.05, 4.69) is 10.6 Å². The van der Waals surface area contributed by atoms with E-state index < -0.39 is 0 Å². The number of guanidine groups is 1. The molecule has 9 nitrogen and oxygen atoms in total. The van der Waals surface area contributed by atoms with Gasteiger partial charge in [0, 0.05) is 49.9 Å². The molecule has 2 N–H and O–H groups in total. The number of ether oxygens (including phenoxy) is 4. The largest absolute Gasteiger partial charge is 0.496 e. The second-order valence-corrected chi connectivity index (χ2v) is 6.90. The highest BCUT2D eigenvalue weighted by Crippen LogP contribution is 2.34. The molecule has 0 atom stereocenters. The lowest BCUT2D eigenvalue weighted by molar-refractivity contribution is 0.111. The Bertz CT molecular complexity index is 692. The van der Waals surface area contributed by atoms with Crippen LogP contribution in [0.5, 0.6) is 17.2 Å². The first-order chi connectivity index (χ1) is 14.6. The zero-order valence-corrected chi connectivity index (χ0v) is 18.6. The van der Waals surface area contributed by atoms with Gasteiger partial charge in [0.15, 0.2) is 5.96 Å². The van der Waals surface area contributed by atoms with E-state index in [0.29, 0.717) is 31.8 Å². The van der Waals surface area contributed by atoms with Gasteiger partial charge in [-0.1, -0.05) is 0 Å². The Balaban J connectivity index is 2.00. The van der Waals surface area contributed by atoms with Gasteiger partial charge in [-0.05, 0) is 26.2 Å². The van der Waals surface area contributed by atoms with Gasteiger partial charge in [-0.3, -0.25) is 4.99 Å². The van der Waals surface area contributed by atoms with Crippen molar-refractivity contribution in [2.45, 2.75) is 32.2 Å². The average molecular weight is 423 g/mol. The number of carbonyl (C=O) groups is 1. The molecule has 0 bridgehead atoms. The highest BCUT2D eigenvalue weighted by molar-refractivity contribution is 5.80. The van der Waals surface area contributed by atoms with Crippen LogP contribution in [0.2, 0.25) is 0 Å². The fraction of sp³-hybridized carbons (Fsp3) is 0.619. The van der Waals surface area contributed by atoms with Gasteiger partial charge in [0.1, 0.15) is 17.2 Å². The second kappa shape index (κ2) is 12.0. The molecule has 0 radical (unpaired) electrons. The van der Waals surface area contributed by atoms with Crippen molar-refractivity contribution in [2.24, 2.45) is 4.99 Å². The Morgan fingerprint density at radius 2 is 1.73 bits per heavy atom. The lowest BCUT2D eigenvalue weighted by Gasteiger charge is -2.32. The first kappa shape index (κ1) is 23.4. The minimum Gasteiger partial charge on any atom is -0.496 e. The molecule has 1 saturated heterocycles. The molecular formula is C21H34N4O5. The maximum absolute atomic E-state index is 11.6. The van der Waals surface area contributed by atoms with E-state index in [1.54, 1.807) is 26.2 Å². The number of carbonyl (C=O) groups excluding carboxylic acids is 1. The summed E-state index contributed by atoms with van der Waals surface area (Å²) in [5.41, 5.74) is 0.951. The number of nitrogens with one attached hydrogen (secondary N) is 2. The Morgan fingerprint density at radius 3 is 2.23 bits per heavy atom. The van der Waals surface area contributed by atoms with Crippen LogP contribution < -0.4 is 24.8 Å². The first-order valence-corrected chi connectivity index (χ1v) is 10.2. The number of piperidine rings is 1. The smallest absolute Gasteiger partial charge is 0.409 e. The summed E-state index contributed by atoms with van der Waals surface area (Å²) in [6.07, 6.45) is 2.09. The van der Waals surface area contributed by atoms with Gasteiger partial charge in [0.2, 0.25) is 0 Å². The second-order valence-electron chi connectivity index (χ2n) is 6.90. The molecule has 30 heavy (non-hydrogen) atoms. The highest BCUT2D eigenvalue weighted by Gasteiger charge is 2.23. The maximum Gasteiger partial charge on any atom is 0.409 e. The molecule has 1 heterocycles. The molecule has 1 aliphatic rings. The molecule has 0 aliphatic carbocycles. The lowest BCUT2D eigenvalue weighted by atomic mass is 10.1. The molecule has 1 aliphatic heterocycles. The highest BCUT2D eigenvalue weighted by atomic mass is 16.5. The molecule has 0 aromatic heterocycles. The van der Waals surface area contributed by atoms with Gasteiger partial charge >= 0.3 is 6.09 Å². The minimum atomic E-state index is -0.267. The van der Waals surface area contributed by atoms with Crippen LogP contribution in [0.1, 0.15) is 25.3 Å². The summed E-state index contributed by atoms with van der Waals surface area (Å²) < 4.78 is 21.1. The summed E-state index contributed by atoms with van der Waals surface area (Å²) in [5, 5.41) is 6.76. The van der Waals surface area contributed by atoms with Gasteiger partial charge in [-0.25, -0.2) is 4.79 Å². The lowest BCUT2D eigenvalue weighted by Crippen LogP contribution is -2.49. The molecule has 2 rings (SSSR count). The van der Waals surface area contributed by atoms with Crippen LogP contribution in [0.15, 0.2) is 17.1 Å². The molecular weight excluding hydrogens is 388 g/mol. The summed E-state index contributed by atoms with van der Waals surface area (Å²) in [7, 11) is 6.29. The third-order valence-electron chi connectivity index (χ3n) is 5.06. The maximum atomic E-state index is 11.6. The van der Waals surface area contributed by atoms with Crippen LogP contribution in [-0.2, 0) is 11.2 Å². The van der Waals surface area contributed by atoms with Crippen molar-refractivity contribution in [3.8, 4) is 17.2 Å². The monoisotopic (exact) mass is 422 g/mol. The zero-order chi connectivity index (χ0) is 21.9. The summed E-state index contributed by atoms with van der Waals surface area (Å²) in [4.78, 5) is 18.1. The van der Waals surface area contributed by atoms with E-state index in [-0.39, 0.29) is 12.1 Å². The van der Waals surface area contributed by atoms with Crippen molar-refractivity contribution < 1.29 is 23.7 Å². The fourth-order valence-corrected chi connectivity index (χ4v) is 3.45. The van der Waals surface area contributed by atoms with Crippen LogP contribution in [0.4, 0.5) is 4.79 Å². The average Bonchev–Trinajstić information content (AvgIpc) is 2.78. The third-order valence-corrected chi connectivity index (χ3v) is 5.06. The Morgan fingerprint density at radius 1 is 1.10 bits per heavy atom. The van der Waals surface area contributed by atoms with Gasteiger partial charge in [-0.15, -0.1) is 0 Å². The normalized spacial score (nSPS) is 14.8. The predicted octanol–water partition coefficient (Wildman–Crippen LogP) is 2.04. The summed E-state index contributed by atoms with van der Waals surface area (Å²) in [6, 6.07) is 3.95. The summed E-state index contributed by atoms with van der Waals surface area (Å²) >= 11 is 0. The Hall–Kier alpha value is -2.84. The number of nitrogens with zero attached hydrogens (tertiary/aromatic N) is 2. The van der Waals surface area contributed by atoms with Crippen LogP contribution in [0, 0.1) is 0 Å². The van der Waals surface area contributed by atoms with Gasteiger partial charge < -0.3 is 34.5 Å². The number of hydrogen-bond acceptors (Lipinski definition) is 6. The molecule has 1 fully saturated rings. The quantitative estimate of drug-likeness (QED) is 0.489.